The molecule has 4 rings (SSSR count). The van der Waals surface area contributed by atoms with Crippen LogP contribution >= 0.6 is 0 Å². The van der Waals surface area contributed by atoms with E-state index in [4.69, 9.17) is 0 Å². The molecule has 1 aliphatic heterocycles. The van der Waals surface area contributed by atoms with Gasteiger partial charge in [-0.05, 0) is 61.9 Å². The summed E-state index contributed by atoms with van der Waals surface area (Å²) in [4.78, 5) is 27.7. The van der Waals surface area contributed by atoms with Crippen LogP contribution in [0.15, 0.2) is 47.4 Å². The number of aryl methyl sites for hydroxylation is 1. The molecule has 1 aromatic carbocycles. The zero-order valence-corrected chi connectivity index (χ0v) is 18.7. The van der Waals surface area contributed by atoms with Crippen molar-refractivity contribution in [3.05, 3.63) is 52.9 Å². The maximum atomic E-state index is 12.9. The number of likely N-dealkylation sites (tertiary alicyclic amines) is 1. The van der Waals surface area contributed by atoms with Crippen molar-refractivity contribution in [2.75, 3.05) is 26.2 Å². The summed E-state index contributed by atoms with van der Waals surface area (Å²) in [5.41, 5.74) is 2.58. The van der Waals surface area contributed by atoms with E-state index in [0.29, 0.717) is 24.9 Å². The Morgan fingerprint density at radius 2 is 1.68 bits per heavy atom. The molecule has 3 heterocycles. The van der Waals surface area contributed by atoms with Crippen LogP contribution in [-0.4, -0.2) is 46.0 Å². The van der Waals surface area contributed by atoms with Crippen molar-refractivity contribution in [1.29, 1.82) is 0 Å². The Bertz CT molecular complexity index is 1090. The van der Waals surface area contributed by atoms with Gasteiger partial charge in [0.25, 0.3) is 5.56 Å². The van der Waals surface area contributed by atoms with Crippen LogP contribution in [-0.2, 0) is 11.3 Å². The van der Waals surface area contributed by atoms with Gasteiger partial charge in [0, 0.05) is 38.8 Å². The largest absolute Gasteiger partial charge is 0.356 e. The Labute approximate surface area is 183 Å². The van der Waals surface area contributed by atoms with Crippen LogP contribution < -0.4 is 10.9 Å². The molecule has 1 saturated heterocycles. The second kappa shape index (κ2) is 9.69. The van der Waals surface area contributed by atoms with Gasteiger partial charge in [0.2, 0.25) is 5.91 Å². The van der Waals surface area contributed by atoms with E-state index in [0.717, 1.165) is 42.4 Å². The fraction of sp³-hybridized carbons (Fsp3) is 0.520. The summed E-state index contributed by atoms with van der Waals surface area (Å²) in [5.74, 6) is 1.61. The smallest absolute Gasteiger partial charge is 0.275 e. The molecule has 1 fully saturated rings. The lowest BCUT2D eigenvalue weighted by Crippen LogP contribution is -2.40. The number of nitrogens with zero attached hydrogens (tertiary/aromatic N) is 3. The van der Waals surface area contributed by atoms with E-state index in [1.54, 1.807) is 4.57 Å². The van der Waals surface area contributed by atoms with Gasteiger partial charge in [-0.3, -0.25) is 9.59 Å². The molecule has 2 aromatic heterocycles. The molecule has 6 nitrogen and oxygen atoms in total. The lowest BCUT2D eigenvalue weighted by atomic mass is 9.92. The van der Waals surface area contributed by atoms with Gasteiger partial charge in [0.15, 0.2) is 0 Å². The number of amides is 1. The van der Waals surface area contributed by atoms with E-state index in [-0.39, 0.29) is 11.5 Å². The second-order valence-corrected chi connectivity index (χ2v) is 9.22. The number of carbonyl (C=O) groups excluding carboxylic acids is 1. The van der Waals surface area contributed by atoms with E-state index in [9.17, 15) is 9.59 Å². The number of hydrogen-bond donors (Lipinski definition) is 1. The van der Waals surface area contributed by atoms with Gasteiger partial charge in [0.05, 0.1) is 11.0 Å². The lowest BCUT2D eigenvalue weighted by molar-refractivity contribution is -0.121. The van der Waals surface area contributed by atoms with Crippen LogP contribution in [0.2, 0.25) is 0 Å². The minimum Gasteiger partial charge on any atom is -0.356 e. The number of hydrogen-bond acceptors (Lipinski definition) is 3. The predicted molar refractivity (Wildman–Crippen MR) is 125 cm³/mol. The van der Waals surface area contributed by atoms with Gasteiger partial charge < -0.3 is 19.2 Å². The standard InChI is InChI=1S/C25H34N4O2/c1-19-16-20(2)18-27(17-19)13-7-12-26-24(30)11-6-15-29-22-9-4-3-8-21(22)28-14-5-10-23(28)25(29)31/h3-5,8-10,14,19-20H,6-7,11-13,15-18H2,1-2H3,(H,26,30). The Morgan fingerprint density at radius 1 is 0.968 bits per heavy atom. The summed E-state index contributed by atoms with van der Waals surface area (Å²) in [5, 5.41) is 3.05. The van der Waals surface area contributed by atoms with Crippen molar-refractivity contribution in [3.63, 3.8) is 0 Å². The first kappa shape index (κ1) is 21.6. The van der Waals surface area contributed by atoms with Crippen LogP contribution in [0.25, 0.3) is 16.6 Å². The Morgan fingerprint density at radius 3 is 2.45 bits per heavy atom. The van der Waals surface area contributed by atoms with Gasteiger partial charge in [0.1, 0.15) is 5.52 Å². The third kappa shape index (κ3) is 5.01. The molecule has 3 aromatic rings. The van der Waals surface area contributed by atoms with Gasteiger partial charge in [-0.25, -0.2) is 0 Å². The first-order chi connectivity index (χ1) is 15.0. The highest BCUT2D eigenvalue weighted by molar-refractivity contribution is 5.79. The minimum absolute atomic E-state index is 0.00547. The molecule has 6 heteroatoms. The number of para-hydroxylation sites is 2. The van der Waals surface area contributed by atoms with Crippen LogP contribution in [0.5, 0.6) is 0 Å². The van der Waals surface area contributed by atoms with E-state index in [1.807, 2.05) is 47.0 Å². The summed E-state index contributed by atoms with van der Waals surface area (Å²) in [6.07, 6.45) is 5.31. The molecule has 1 amide bonds. The first-order valence-electron chi connectivity index (χ1n) is 11.6. The molecule has 31 heavy (non-hydrogen) atoms. The van der Waals surface area contributed by atoms with Crippen molar-refractivity contribution < 1.29 is 4.79 Å². The molecule has 2 unspecified atom stereocenters. The molecule has 0 saturated carbocycles. The summed E-state index contributed by atoms with van der Waals surface area (Å²) in [6.45, 7) is 9.31. The monoisotopic (exact) mass is 422 g/mol. The topological polar surface area (TPSA) is 58.8 Å². The van der Waals surface area contributed by atoms with Crippen LogP contribution in [0, 0.1) is 11.8 Å². The molecule has 1 N–H and O–H groups in total. The number of piperidine rings is 1. The van der Waals surface area contributed by atoms with Crippen molar-refractivity contribution in [2.24, 2.45) is 11.8 Å². The SMILES string of the molecule is CC1CC(C)CN(CCCNC(=O)CCCn2c(=O)c3cccn3c3ccccc32)C1. The Kier molecular flexibility index (Phi) is 6.76. The number of carbonyl (C=O) groups is 1. The third-order valence-corrected chi connectivity index (χ3v) is 6.35. The normalized spacial score (nSPS) is 19.8. The van der Waals surface area contributed by atoms with E-state index in [1.165, 1.54) is 19.5 Å². The zero-order chi connectivity index (χ0) is 21.8. The Balaban J connectivity index is 1.27. The first-order valence-corrected chi connectivity index (χ1v) is 11.6. The summed E-state index contributed by atoms with van der Waals surface area (Å²) < 4.78 is 3.74. The summed E-state index contributed by atoms with van der Waals surface area (Å²) in [7, 11) is 0. The van der Waals surface area contributed by atoms with Crippen LogP contribution in [0.3, 0.4) is 0 Å². The molecule has 1 aliphatic rings. The van der Waals surface area contributed by atoms with Gasteiger partial charge in [-0.1, -0.05) is 26.0 Å². The average molecular weight is 423 g/mol. The highest BCUT2D eigenvalue weighted by Gasteiger charge is 2.21. The quantitative estimate of drug-likeness (QED) is 0.565. The highest BCUT2D eigenvalue weighted by Crippen LogP contribution is 2.20. The second-order valence-electron chi connectivity index (χ2n) is 9.22. The number of nitrogens with one attached hydrogen (secondary N) is 1. The van der Waals surface area contributed by atoms with Crippen LogP contribution in [0.4, 0.5) is 0 Å². The van der Waals surface area contributed by atoms with E-state index in [2.05, 4.69) is 24.1 Å². The lowest BCUT2D eigenvalue weighted by Gasteiger charge is -2.34. The maximum Gasteiger partial charge on any atom is 0.275 e. The number of benzene rings is 1. The molecule has 0 bridgehead atoms. The van der Waals surface area contributed by atoms with E-state index < -0.39 is 0 Å². The Hall–Kier alpha value is -2.60. The molecule has 0 spiro atoms. The molecule has 0 radical (unpaired) electrons. The summed E-state index contributed by atoms with van der Waals surface area (Å²) in [6, 6.07) is 11.7. The summed E-state index contributed by atoms with van der Waals surface area (Å²) >= 11 is 0. The molecule has 2 atom stereocenters. The van der Waals surface area contributed by atoms with Gasteiger partial charge in [-0.2, -0.15) is 0 Å². The fourth-order valence-electron chi connectivity index (χ4n) is 5.12. The highest BCUT2D eigenvalue weighted by atomic mass is 16.1. The number of rotatable bonds is 8. The van der Waals surface area contributed by atoms with Crippen molar-refractivity contribution in [1.82, 2.24) is 19.2 Å². The predicted octanol–water partition coefficient (Wildman–Crippen LogP) is 3.52. The fourth-order valence-corrected chi connectivity index (χ4v) is 5.12. The van der Waals surface area contributed by atoms with Crippen LogP contribution in [0.1, 0.15) is 39.5 Å². The van der Waals surface area contributed by atoms with Gasteiger partial charge in [-0.15, -0.1) is 0 Å². The molecular weight excluding hydrogens is 388 g/mol. The molecule has 0 aliphatic carbocycles. The minimum atomic E-state index is -0.00547. The maximum absolute atomic E-state index is 12.9. The van der Waals surface area contributed by atoms with Crippen molar-refractivity contribution in [2.45, 2.75) is 46.1 Å². The third-order valence-electron chi connectivity index (χ3n) is 6.35. The number of aromatic nitrogens is 2. The van der Waals surface area contributed by atoms with Gasteiger partial charge >= 0.3 is 0 Å². The zero-order valence-electron chi connectivity index (χ0n) is 18.7. The molecular formula is C25H34N4O2. The number of fused-ring (bicyclic) bond motifs is 3. The average Bonchev–Trinajstić information content (AvgIpc) is 3.23. The van der Waals surface area contributed by atoms with E-state index >= 15 is 0 Å². The van der Waals surface area contributed by atoms with Crippen molar-refractivity contribution >= 4 is 22.5 Å². The molecule has 166 valence electrons. The van der Waals surface area contributed by atoms with Crippen molar-refractivity contribution in [3.8, 4) is 0 Å².